The molecular formula is C16H27FN2O. The van der Waals surface area contributed by atoms with E-state index in [4.69, 9.17) is 4.74 Å². The maximum atomic E-state index is 14.5. The Morgan fingerprint density at radius 1 is 1.30 bits per heavy atom. The molecule has 1 unspecified atom stereocenters. The molecule has 0 aromatic heterocycles. The number of rotatable bonds is 7. The Hall–Kier alpha value is -1.13. The van der Waals surface area contributed by atoms with Crippen molar-refractivity contribution in [2.24, 2.45) is 0 Å². The number of hydrogen-bond acceptors (Lipinski definition) is 3. The molecule has 0 aliphatic rings. The van der Waals surface area contributed by atoms with Crippen LogP contribution in [-0.4, -0.2) is 37.7 Å². The number of ether oxygens (including phenoxy) is 1. The van der Waals surface area contributed by atoms with E-state index in [1.165, 1.54) is 7.11 Å². The van der Waals surface area contributed by atoms with Gasteiger partial charge in [0.2, 0.25) is 0 Å². The third-order valence-electron chi connectivity index (χ3n) is 4.10. The molecule has 1 rings (SSSR count). The highest BCUT2D eigenvalue weighted by Gasteiger charge is 2.36. The number of nitrogens with zero attached hydrogens (tertiary/aromatic N) is 1. The predicted molar refractivity (Wildman–Crippen MR) is 81.8 cm³/mol. The van der Waals surface area contributed by atoms with Gasteiger partial charge in [0.25, 0.3) is 0 Å². The average Bonchev–Trinajstić information content (AvgIpc) is 2.42. The maximum Gasteiger partial charge on any atom is 0.169 e. The minimum absolute atomic E-state index is 0.113. The highest BCUT2D eigenvalue weighted by molar-refractivity contribution is 5.34. The van der Waals surface area contributed by atoms with Gasteiger partial charge in [0.1, 0.15) is 0 Å². The van der Waals surface area contributed by atoms with E-state index in [-0.39, 0.29) is 23.1 Å². The topological polar surface area (TPSA) is 24.5 Å². The molecule has 3 nitrogen and oxygen atoms in total. The van der Waals surface area contributed by atoms with Crippen molar-refractivity contribution in [2.75, 3.05) is 27.2 Å². The van der Waals surface area contributed by atoms with Gasteiger partial charge in [-0.2, -0.15) is 0 Å². The van der Waals surface area contributed by atoms with E-state index in [9.17, 15) is 4.39 Å². The third-order valence-corrected chi connectivity index (χ3v) is 4.10. The average molecular weight is 282 g/mol. The molecule has 4 heteroatoms. The number of halogens is 1. The largest absolute Gasteiger partial charge is 0.494 e. The number of likely N-dealkylation sites (N-methyl/N-ethyl adjacent to an activating group) is 2. The van der Waals surface area contributed by atoms with Crippen LogP contribution in [0.1, 0.15) is 39.3 Å². The molecule has 114 valence electrons. The summed E-state index contributed by atoms with van der Waals surface area (Å²) in [6.07, 6.45) is 0. The quantitative estimate of drug-likeness (QED) is 0.831. The van der Waals surface area contributed by atoms with E-state index in [1.807, 2.05) is 19.2 Å². The van der Waals surface area contributed by atoms with Crippen LogP contribution in [0.3, 0.4) is 0 Å². The van der Waals surface area contributed by atoms with Gasteiger partial charge in [-0.25, -0.2) is 4.39 Å². The Balaban J connectivity index is 3.25. The summed E-state index contributed by atoms with van der Waals surface area (Å²) in [5, 5.41) is 3.26. The van der Waals surface area contributed by atoms with Crippen molar-refractivity contribution >= 4 is 0 Å². The SMILES string of the molecule is CCN(CC)C(C)(C)C(NC)c1cccc(OC)c1F. The fourth-order valence-electron chi connectivity index (χ4n) is 3.02. The molecule has 0 aliphatic heterocycles. The summed E-state index contributed by atoms with van der Waals surface area (Å²) >= 11 is 0. The Morgan fingerprint density at radius 2 is 1.90 bits per heavy atom. The van der Waals surface area contributed by atoms with Gasteiger partial charge in [-0.1, -0.05) is 26.0 Å². The lowest BCUT2D eigenvalue weighted by molar-refractivity contribution is 0.0927. The van der Waals surface area contributed by atoms with Crippen molar-refractivity contribution in [3.05, 3.63) is 29.6 Å². The zero-order valence-electron chi connectivity index (χ0n) is 13.5. The molecule has 0 amide bonds. The second kappa shape index (κ2) is 7.04. The van der Waals surface area contributed by atoms with Crippen LogP contribution in [-0.2, 0) is 0 Å². The Morgan fingerprint density at radius 3 is 2.35 bits per heavy atom. The smallest absolute Gasteiger partial charge is 0.169 e. The Kier molecular flexibility index (Phi) is 5.96. The second-order valence-electron chi connectivity index (χ2n) is 5.41. The minimum atomic E-state index is -0.283. The monoisotopic (exact) mass is 282 g/mol. The van der Waals surface area contributed by atoms with E-state index in [2.05, 4.69) is 37.9 Å². The van der Waals surface area contributed by atoms with Crippen LogP contribution in [0.4, 0.5) is 4.39 Å². The standard InChI is InChI=1S/C16H27FN2O/c1-7-19(8-2)16(3,4)15(18-5)12-10-9-11-13(20-6)14(12)17/h9-11,15,18H,7-8H2,1-6H3. The van der Waals surface area contributed by atoms with E-state index in [1.54, 1.807) is 6.07 Å². The van der Waals surface area contributed by atoms with Gasteiger partial charge in [0.15, 0.2) is 11.6 Å². The summed E-state index contributed by atoms with van der Waals surface area (Å²) < 4.78 is 19.6. The Bertz CT molecular complexity index is 430. The first-order valence-corrected chi connectivity index (χ1v) is 7.18. The maximum absolute atomic E-state index is 14.5. The molecule has 20 heavy (non-hydrogen) atoms. The minimum Gasteiger partial charge on any atom is -0.494 e. The van der Waals surface area contributed by atoms with E-state index in [0.717, 1.165) is 13.1 Å². The molecule has 1 atom stereocenters. The first kappa shape index (κ1) is 16.9. The zero-order valence-corrected chi connectivity index (χ0v) is 13.5. The van der Waals surface area contributed by atoms with Crippen molar-refractivity contribution in [1.82, 2.24) is 10.2 Å². The number of hydrogen-bond donors (Lipinski definition) is 1. The van der Waals surface area contributed by atoms with Gasteiger partial charge in [-0.05, 0) is 40.1 Å². The number of benzene rings is 1. The van der Waals surface area contributed by atoms with E-state index in [0.29, 0.717) is 5.56 Å². The first-order valence-electron chi connectivity index (χ1n) is 7.18. The van der Waals surface area contributed by atoms with E-state index < -0.39 is 0 Å². The summed E-state index contributed by atoms with van der Waals surface area (Å²) in [6.45, 7) is 10.4. The van der Waals surface area contributed by atoms with Gasteiger partial charge in [0, 0.05) is 11.1 Å². The molecule has 1 aromatic rings. The van der Waals surface area contributed by atoms with Gasteiger partial charge in [-0.3, -0.25) is 4.90 Å². The summed E-state index contributed by atoms with van der Waals surface area (Å²) in [7, 11) is 3.36. The molecule has 0 fully saturated rings. The van der Waals surface area contributed by atoms with Crippen LogP contribution in [0.5, 0.6) is 5.75 Å². The van der Waals surface area contributed by atoms with Crippen LogP contribution >= 0.6 is 0 Å². The summed E-state index contributed by atoms with van der Waals surface area (Å²) in [6, 6.07) is 5.19. The molecule has 0 spiro atoms. The van der Waals surface area contributed by atoms with E-state index >= 15 is 0 Å². The van der Waals surface area contributed by atoms with Crippen LogP contribution in [0.25, 0.3) is 0 Å². The lowest BCUT2D eigenvalue weighted by Crippen LogP contribution is -2.52. The first-order chi connectivity index (χ1) is 9.43. The van der Waals surface area contributed by atoms with Crippen LogP contribution in [0.15, 0.2) is 18.2 Å². The van der Waals surface area contributed by atoms with Gasteiger partial charge in [0.05, 0.1) is 13.2 Å². The highest BCUT2D eigenvalue weighted by Crippen LogP contribution is 2.34. The van der Waals surface area contributed by atoms with Crippen molar-refractivity contribution in [3.63, 3.8) is 0 Å². The third kappa shape index (κ3) is 3.13. The summed E-state index contributed by atoms with van der Waals surface area (Å²) in [5.74, 6) is 0.00711. The fourth-order valence-corrected chi connectivity index (χ4v) is 3.02. The molecular weight excluding hydrogens is 255 g/mol. The Labute approximate surface area is 122 Å². The normalized spacial score (nSPS) is 13.6. The lowest BCUT2D eigenvalue weighted by atomic mass is 9.86. The summed E-state index contributed by atoms with van der Waals surface area (Å²) in [5.41, 5.74) is 0.439. The molecule has 0 saturated carbocycles. The molecule has 1 N–H and O–H groups in total. The number of nitrogens with one attached hydrogen (secondary N) is 1. The number of methoxy groups -OCH3 is 1. The predicted octanol–water partition coefficient (Wildman–Crippen LogP) is 3.22. The van der Waals surface area contributed by atoms with Gasteiger partial charge >= 0.3 is 0 Å². The molecule has 0 radical (unpaired) electrons. The van der Waals surface area contributed by atoms with Crippen molar-refractivity contribution in [2.45, 2.75) is 39.3 Å². The zero-order chi connectivity index (χ0) is 15.3. The summed E-state index contributed by atoms with van der Waals surface area (Å²) in [4.78, 5) is 2.33. The molecule has 0 saturated heterocycles. The molecule has 0 aliphatic carbocycles. The van der Waals surface area contributed by atoms with Crippen molar-refractivity contribution in [1.29, 1.82) is 0 Å². The van der Waals surface area contributed by atoms with Crippen molar-refractivity contribution in [3.8, 4) is 5.75 Å². The second-order valence-corrected chi connectivity index (χ2v) is 5.41. The van der Waals surface area contributed by atoms with Gasteiger partial charge < -0.3 is 10.1 Å². The molecule has 0 bridgehead atoms. The van der Waals surface area contributed by atoms with Crippen LogP contribution < -0.4 is 10.1 Å². The van der Waals surface area contributed by atoms with Crippen LogP contribution in [0, 0.1) is 5.82 Å². The molecule has 1 aromatic carbocycles. The highest BCUT2D eigenvalue weighted by atomic mass is 19.1. The fraction of sp³-hybridized carbons (Fsp3) is 0.625. The lowest BCUT2D eigenvalue weighted by Gasteiger charge is -2.43. The molecule has 0 heterocycles. The van der Waals surface area contributed by atoms with Gasteiger partial charge in [-0.15, -0.1) is 0 Å². The van der Waals surface area contributed by atoms with Crippen LogP contribution in [0.2, 0.25) is 0 Å². The van der Waals surface area contributed by atoms with Crippen molar-refractivity contribution < 1.29 is 9.13 Å².